The van der Waals surface area contributed by atoms with Crippen LogP contribution in [-0.2, 0) is 4.74 Å². The molecule has 0 amide bonds. The van der Waals surface area contributed by atoms with Crippen LogP contribution in [0.15, 0.2) is 48.5 Å². The van der Waals surface area contributed by atoms with Gasteiger partial charge in [0.1, 0.15) is 12.2 Å². The maximum absolute atomic E-state index is 5.80. The Balaban J connectivity index is 1.83. The molecule has 2 aromatic carbocycles. The Bertz CT molecular complexity index is 495. The minimum Gasteiger partial charge on any atom is -0.359 e. The summed E-state index contributed by atoms with van der Waals surface area (Å²) in [5.74, 6) is 0. The smallest absolute Gasteiger partial charge is 0.114 e. The topological polar surface area (TPSA) is 12.5 Å². The summed E-state index contributed by atoms with van der Waals surface area (Å²) < 4.78 is 5.80. The van der Waals surface area contributed by atoms with Gasteiger partial charge in [0.05, 0.1) is 0 Å². The van der Waals surface area contributed by atoms with Gasteiger partial charge in [0.25, 0.3) is 0 Å². The molecule has 1 aliphatic rings. The van der Waals surface area contributed by atoms with Crippen LogP contribution in [0, 0.1) is 13.8 Å². The van der Waals surface area contributed by atoms with Crippen LogP contribution in [0.4, 0.5) is 0 Å². The van der Waals surface area contributed by atoms with E-state index in [9.17, 15) is 0 Å². The van der Waals surface area contributed by atoms with E-state index >= 15 is 0 Å². The summed E-state index contributed by atoms with van der Waals surface area (Å²) in [7, 11) is 0. The first-order valence-electron chi connectivity index (χ1n) is 6.02. The maximum atomic E-state index is 5.80. The second-order valence-electron chi connectivity index (χ2n) is 4.81. The number of benzene rings is 2. The van der Waals surface area contributed by atoms with Gasteiger partial charge in [0, 0.05) is 0 Å². The van der Waals surface area contributed by atoms with Crippen LogP contribution in [0.1, 0.15) is 34.5 Å². The quantitative estimate of drug-likeness (QED) is 0.699. The third-order valence-corrected chi connectivity index (χ3v) is 3.23. The molecule has 1 nitrogen and oxygen atoms in total. The van der Waals surface area contributed by atoms with Crippen LogP contribution in [0.25, 0.3) is 0 Å². The number of rotatable bonds is 2. The summed E-state index contributed by atoms with van der Waals surface area (Å²) in [6.45, 7) is 4.24. The second kappa shape index (κ2) is 4.01. The van der Waals surface area contributed by atoms with E-state index in [1.54, 1.807) is 0 Å². The molecule has 1 heteroatoms. The van der Waals surface area contributed by atoms with Crippen molar-refractivity contribution < 1.29 is 4.74 Å². The van der Waals surface area contributed by atoms with E-state index in [1.807, 2.05) is 0 Å². The highest BCUT2D eigenvalue weighted by Crippen LogP contribution is 2.50. The minimum atomic E-state index is 0.247. The summed E-state index contributed by atoms with van der Waals surface area (Å²) in [5.41, 5.74) is 5.16. The van der Waals surface area contributed by atoms with Crippen LogP contribution in [0.5, 0.6) is 0 Å². The molecule has 0 saturated carbocycles. The van der Waals surface area contributed by atoms with Gasteiger partial charge in [0.15, 0.2) is 0 Å². The first kappa shape index (κ1) is 10.5. The number of hydrogen-bond acceptors (Lipinski definition) is 1. The lowest BCUT2D eigenvalue weighted by Gasteiger charge is -1.99. The van der Waals surface area contributed by atoms with Crippen LogP contribution in [0.3, 0.4) is 0 Å². The number of epoxide rings is 1. The zero-order chi connectivity index (χ0) is 11.8. The van der Waals surface area contributed by atoms with Crippen molar-refractivity contribution >= 4 is 0 Å². The molecule has 0 N–H and O–H groups in total. The van der Waals surface area contributed by atoms with Crippen molar-refractivity contribution in [3.05, 3.63) is 70.8 Å². The zero-order valence-electron chi connectivity index (χ0n) is 10.2. The summed E-state index contributed by atoms with van der Waals surface area (Å²) in [4.78, 5) is 0. The lowest BCUT2D eigenvalue weighted by molar-refractivity contribution is 0.377. The first-order chi connectivity index (χ1) is 8.24. The largest absolute Gasteiger partial charge is 0.359 e. The van der Waals surface area contributed by atoms with Crippen LogP contribution < -0.4 is 0 Å². The van der Waals surface area contributed by atoms with Crippen LogP contribution in [-0.4, -0.2) is 0 Å². The van der Waals surface area contributed by atoms with Crippen molar-refractivity contribution in [3.63, 3.8) is 0 Å². The molecular weight excluding hydrogens is 208 g/mol. The Hall–Kier alpha value is -1.60. The molecule has 2 atom stereocenters. The average Bonchev–Trinajstić information content (AvgIpc) is 3.09. The van der Waals surface area contributed by atoms with Gasteiger partial charge < -0.3 is 4.74 Å². The number of aryl methyl sites for hydroxylation is 2. The molecule has 0 bridgehead atoms. The van der Waals surface area contributed by atoms with E-state index in [1.165, 1.54) is 22.3 Å². The lowest BCUT2D eigenvalue weighted by Crippen LogP contribution is -1.86. The van der Waals surface area contributed by atoms with Gasteiger partial charge in [0.2, 0.25) is 0 Å². The molecule has 1 heterocycles. The predicted octanol–water partition coefficient (Wildman–Crippen LogP) is 4.12. The third kappa shape index (κ3) is 2.11. The molecule has 1 fully saturated rings. The average molecular weight is 224 g/mol. The van der Waals surface area contributed by atoms with Gasteiger partial charge in [-0.2, -0.15) is 0 Å². The molecule has 0 spiro atoms. The molecule has 0 aliphatic carbocycles. The van der Waals surface area contributed by atoms with Gasteiger partial charge in [-0.05, 0) is 25.0 Å². The van der Waals surface area contributed by atoms with Gasteiger partial charge >= 0.3 is 0 Å². The second-order valence-corrected chi connectivity index (χ2v) is 4.81. The molecule has 0 radical (unpaired) electrons. The fraction of sp³-hybridized carbons (Fsp3) is 0.250. The standard InChI is InChI=1S/C16H16O/c1-11-5-3-7-13(9-11)15-16(17-15)14-8-4-6-12(2)10-14/h3-10,15-16H,1-2H3/t15-,16-/m1/s1. The van der Waals surface area contributed by atoms with Crippen molar-refractivity contribution in [1.82, 2.24) is 0 Å². The Morgan fingerprint density at radius 1 is 0.765 bits per heavy atom. The van der Waals surface area contributed by atoms with E-state index in [-0.39, 0.29) is 12.2 Å². The van der Waals surface area contributed by atoms with Gasteiger partial charge in [-0.25, -0.2) is 0 Å². The first-order valence-corrected chi connectivity index (χ1v) is 6.02. The summed E-state index contributed by atoms with van der Waals surface area (Å²) >= 11 is 0. The Labute approximate surface area is 102 Å². The van der Waals surface area contributed by atoms with E-state index < -0.39 is 0 Å². The summed E-state index contributed by atoms with van der Waals surface area (Å²) in [6.07, 6.45) is 0.494. The Morgan fingerprint density at radius 3 is 1.65 bits per heavy atom. The number of hydrogen-bond donors (Lipinski definition) is 0. The van der Waals surface area contributed by atoms with E-state index in [2.05, 4.69) is 62.4 Å². The van der Waals surface area contributed by atoms with Crippen molar-refractivity contribution in [3.8, 4) is 0 Å². The van der Waals surface area contributed by atoms with Crippen molar-refractivity contribution in [2.75, 3.05) is 0 Å². The highest BCUT2D eigenvalue weighted by molar-refractivity contribution is 5.33. The van der Waals surface area contributed by atoms with E-state index in [0.717, 1.165) is 0 Å². The summed E-state index contributed by atoms with van der Waals surface area (Å²) in [6, 6.07) is 17.1. The highest BCUT2D eigenvalue weighted by Gasteiger charge is 2.41. The number of ether oxygens (including phenoxy) is 1. The van der Waals surface area contributed by atoms with E-state index in [0.29, 0.717) is 0 Å². The molecular formula is C16H16O. The Morgan fingerprint density at radius 2 is 1.24 bits per heavy atom. The maximum Gasteiger partial charge on any atom is 0.114 e. The fourth-order valence-corrected chi connectivity index (χ4v) is 2.31. The molecule has 3 rings (SSSR count). The van der Waals surface area contributed by atoms with Crippen LogP contribution in [0.2, 0.25) is 0 Å². The molecule has 17 heavy (non-hydrogen) atoms. The highest BCUT2D eigenvalue weighted by atomic mass is 16.6. The molecule has 1 aliphatic heterocycles. The van der Waals surface area contributed by atoms with Gasteiger partial charge in [-0.1, -0.05) is 59.7 Å². The molecule has 86 valence electrons. The SMILES string of the molecule is Cc1cccc([C@H]2O[C@@H]2c2cccc(C)c2)c1. The van der Waals surface area contributed by atoms with Crippen molar-refractivity contribution in [2.24, 2.45) is 0 Å². The van der Waals surface area contributed by atoms with Gasteiger partial charge in [-0.15, -0.1) is 0 Å². The predicted molar refractivity (Wildman–Crippen MR) is 68.9 cm³/mol. The molecule has 0 aromatic heterocycles. The summed E-state index contributed by atoms with van der Waals surface area (Å²) in [5, 5.41) is 0. The monoisotopic (exact) mass is 224 g/mol. The van der Waals surface area contributed by atoms with Crippen molar-refractivity contribution in [2.45, 2.75) is 26.1 Å². The van der Waals surface area contributed by atoms with Gasteiger partial charge in [-0.3, -0.25) is 0 Å². The zero-order valence-corrected chi connectivity index (χ0v) is 10.2. The normalized spacial score (nSPS) is 22.5. The molecule has 1 saturated heterocycles. The minimum absolute atomic E-state index is 0.247. The molecule has 0 unspecified atom stereocenters. The molecule has 2 aromatic rings. The fourth-order valence-electron chi connectivity index (χ4n) is 2.31. The Kier molecular flexibility index (Phi) is 2.49. The van der Waals surface area contributed by atoms with E-state index in [4.69, 9.17) is 4.74 Å². The third-order valence-electron chi connectivity index (χ3n) is 3.23. The lowest BCUT2D eigenvalue weighted by atomic mass is 10.0. The van der Waals surface area contributed by atoms with Crippen molar-refractivity contribution in [1.29, 1.82) is 0 Å². The van der Waals surface area contributed by atoms with Crippen LogP contribution >= 0.6 is 0 Å².